The Balaban J connectivity index is 1.79. The fraction of sp³-hybridized carbons (Fsp3) is 0.429. The van der Waals surface area contributed by atoms with E-state index >= 15 is 0 Å². The van der Waals surface area contributed by atoms with Crippen molar-refractivity contribution in [1.82, 2.24) is 10.6 Å². The molecule has 0 aliphatic carbocycles. The summed E-state index contributed by atoms with van der Waals surface area (Å²) in [7, 11) is 0. The topological polar surface area (TPSA) is 76.7 Å². The summed E-state index contributed by atoms with van der Waals surface area (Å²) in [4.78, 5) is 24.0. The van der Waals surface area contributed by atoms with Crippen LogP contribution in [0.5, 0.6) is 11.5 Å². The highest BCUT2D eigenvalue weighted by molar-refractivity contribution is 7.08. The molecule has 28 heavy (non-hydrogen) atoms. The molecule has 0 bridgehead atoms. The Morgan fingerprint density at radius 3 is 2.54 bits per heavy atom. The molecule has 1 heterocycles. The number of rotatable bonds is 11. The first kappa shape index (κ1) is 21.8. The molecule has 0 fully saturated rings. The van der Waals surface area contributed by atoms with Gasteiger partial charge in [0.15, 0.2) is 11.5 Å². The predicted molar refractivity (Wildman–Crippen MR) is 111 cm³/mol. The van der Waals surface area contributed by atoms with E-state index in [9.17, 15) is 9.59 Å². The quantitative estimate of drug-likeness (QED) is 0.556. The highest BCUT2D eigenvalue weighted by Gasteiger charge is 2.13. The van der Waals surface area contributed by atoms with Crippen LogP contribution in [0, 0.1) is 0 Å². The predicted octanol–water partition coefficient (Wildman–Crippen LogP) is 3.93. The maximum atomic E-state index is 12.2. The maximum absolute atomic E-state index is 12.2. The molecule has 2 N–H and O–H groups in total. The summed E-state index contributed by atoms with van der Waals surface area (Å²) in [5, 5.41) is 9.47. The van der Waals surface area contributed by atoms with Crippen LogP contribution in [-0.2, 0) is 4.79 Å². The largest absolute Gasteiger partial charge is 0.490 e. The summed E-state index contributed by atoms with van der Waals surface area (Å²) < 4.78 is 11.2. The molecule has 2 rings (SSSR count). The zero-order valence-corrected chi connectivity index (χ0v) is 17.4. The first-order valence-electron chi connectivity index (χ1n) is 9.54. The second kappa shape index (κ2) is 11.3. The molecule has 152 valence electrons. The summed E-state index contributed by atoms with van der Waals surface area (Å²) in [5.41, 5.74) is 1.61. The summed E-state index contributed by atoms with van der Waals surface area (Å²) in [6, 6.07) is 7.33. The van der Waals surface area contributed by atoms with E-state index in [2.05, 4.69) is 10.6 Å². The van der Waals surface area contributed by atoms with Crippen molar-refractivity contribution >= 4 is 23.2 Å². The molecule has 0 aliphatic rings. The van der Waals surface area contributed by atoms with Crippen LogP contribution in [0.2, 0.25) is 0 Å². The minimum absolute atomic E-state index is 0.0517. The van der Waals surface area contributed by atoms with E-state index < -0.39 is 0 Å². The molecule has 0 saturated heterocycles. The van der Waals surface area contributed by atoms with Gasteiger partial charge in [0.1, 0.15) is 0 Å². The Hall–Kier alpha value is -2.54. The van der Waals surface area contributed by atoms with Crippen molar-refractivity contribution in [2.75, 3.05) is 19.8 Å². The molecular weight excluding hydrogens is 376 g/mol. The van der Waals surface area contributed by atoms with Crippen molar-refractivity contribution in [3.8, 4) is 11.5 Å². The average molecular weight is 405 g/mol. The number of ether oxygens (including phenoxy) is 2. The highest BCUT2D eigenvalue weighted by atomic mass is 32.1. The van der Waals surface area contributed by atoms with Gasteiger partial charge in [-0.3, -0.25) is 9.59 Å². The summed E-state index contributed by atoms with van der Waals surface area (Å²) in [5.74, 6) is 1.23. The van der Waals surface area contributed by atoms with E-state index in [1.165, 1.54) is 11.3 Å². The fourth-order valence-electron chi connectivity index (χ4n) is 2.68. The number of benzene rings is 1. The van der Waals surface area contributed by atoms with Crippen LogP contribution in [0.4, 0.5) is 0 Å². The Kier molecular flexibility index (Phi) is 8.81. The summed E-state index contributed by atoms with van der Waals surface area (Å²) >= 11 is 1.48. The lowest BCUT2D eigenvalue weighted by Gasteiger charge is -2.17. The lowest BCUT2D eigenvalue weighted by molar-refractivity contribution is -0.121. The number of nitrogens with one attached hydrogen (secondary N) is 2. The van der Waals surface area contributed by atoms with E-state index in [4.69, 9.17) is 9.47 Å². The van der Waals surface area contributed by atoms with Crippen LogP contribution >= 0.6 is 11.3 Å². The van der Waals surface area contributed by atoms with E-state index in [0.717, 1.165) is 5.56 Å². The third-order valence-corrected chi connectivity index (χ3v) is 4.78. The fourth-order valence-corrected chi connectivity index (χ4v) is 3.32. The zero-order valence-electron chi connectivity index (χ0n) is 16.6. The molecule has 0 saturated carbocycles. The van der Waals surface area contributed by atoms with Gasteiger partial charge in [0, 0.05) is 23.9 Å². The second-order valence-corrected chi connectivity index (χ2v) is 7.01. The van der Waals surface area contributed by atoms with Gasteiger partial charge in [0.25, 0.3) is 5.91 Å². The molecule has 2 aromatic rings. The van der Waals surface area contributed by atoms with Crippen molar-refractivity contribution in [3.05, 3.63) is 46.2 Å². The SMILES string of the molecule is CCOc1ccc([C@H](C)NC(=O)CCCNC(=O)c2ccsc2)cc1OCC. The molecule has 6 nitrogen and oxygen atoms in total. The van der Waals surface area contributed by atoms with Gasteiger partial charge < -0.3 is 20.1 Å². The van der Waals surface area contributed by atoms with Gasteiger partial charge in [-0.2, -0.15) is 11.3 Å². The van der Waals surface area contributed by atoms with Gasteiger partial charge in [-0.25, -0.2) is 0 Å². The van der Waals surface area contributed by atoms with Gasteiger partial charge in [-0.15, -0.1) is 0 Å². The minimum Gasteiger partial charge on any atom is -0.490 e. The van der Waals surface area contributed by atoms with E-state index in [0.29, 0.717) is 49.7 Å². The van der Waals surface area contributed by atoms with Crippen LogP contribution in [-0.4, -0.2) is 31.6 Å². The van der Waals surface area contributed by atoms with Crippen LogP contribution in [0.25, 0.3) is 0 Å². The molecule has 1 atom stereocenters. The Morgan fingerprint density at radius 1 is 1.11 bits per heavy atom. The summed E-state index contributed by atoms with van der Waals surface area (Å²) in [6.45, 7) is 7.35. The maximum Gasteiger partial charge on any atom is 0.252 e. The number of amides is 2. The van der Waals surface area contributed by atoms with Crippen LogP contribution < -0.4 is 20.1 Å². The van der Waals surface area contributed by atoms with E-state index in [1.807, 2.05) is 44.4 Å². The summed E-state index contributed by atoms with van der Waals surface area (Å²) in [6.07, 6.45) is 0.936. The molecule has 1 aromatic carbocycles. The average Bonchev–Trinajstić information content (AvgIpc) is 3.21. The number of carbonyl (C=O) groups is 2. The second-order valence-electron chi connectivity index (χ2n) is 6.23. The molecule has 0 radical (unpaired) electrons. The molecule has 7 heteroatoms. The zero-order chi connectivity index (χ0) is 20.4. The molecule has 0 spiro atoms. The monoisotopic (exact) mass is 404 g/mol. The Labute approximate surface area is 170 Å². The van der Waals surface area contributed by atoms with Gasteiger partial charge in [-0.05, 0) is 56.3 Å². The van der Waals surface area contributed by atoms with Crippen LogP contribution in [0.1, 0.15) is 55.6 Å². The molecule has 0 unspecified atom stereocenters. The smallest absolute Gasteiger partial charge is 0.252 e. The number of hydrogen-bond acceptors (Lipinski definition) is 5. The standard InChI is InChI=1S/C21H28N2O4S/c1-4-26-18-9-8-16(13-19(18)27-5-2)15(3)23-20(24)7-6-11-22-21(25)17-10-12-28-14-17/h8-10,12-15H,4-7,11H2,1-3H3,(H,22,25)(H,23,24)/t15-/m0/s1. The van der Waals surface area contributed by atoms with Crippen molar-refractivity contribution in [2.45, 2.75) is 39.7 Å². The van der Waals surface area contributed by atoms with Crippen molar-refractivity contribution in [1.29, 1.82) is 0 Å². The normalized spacial score (nSPS) is 11.5. The molecule has 2 amide bonds. The first-order chi connectivity index (χ1) is 13.5. The molecular formula is C21H28N2O4S. The molecule has 1 aromatic heterocycles. The third kappa shape index (κ3) is 6.56. The van der Waals surface area contributed by atoms with E-state index in [1.54, 1.807) is 11.4 Å². The number of hydrogen-bond donors (Lipinski definition) is 2. The third-order valence-electron chi connectivity index (χ3n) is 4.09. The Bertz CT molecular complexity index is 762. The van der Waals surface area contributed by atoms with Gasteiger partial charge >= 0.3 is 0 Å². The highest BCUT2D eigenvalue weighted by Crippen LogP contribution is 2.30. The van der Waals surface area contributed by atoms with Crippen LogP contribution in [0.3, 0.4) is 0 Å². The molecule has 0 aliphatic heterocycles. The van der Waals surface area contributed by atoms with E-state index in [-0.39, 0.29) is 17.9 Å². The van der Waals surface area contributed by atoms with Crippen LogP contribution in [0.15, 0.2) is 35.0 Å². The Morgan fingerprint density at radius 2 is 1.86 bits per heavy atom. The van der Waals surface area contributed by atoms with Gasteiger partial charge in [0.05, 0.1) is 19.3 Å². The lowest BCUT2D eigenvalue weighted by Crippen LogP contribution is -2.29. The van der Waals surface area contributed by atoms with Crippen molar-refractivity contribution in [3.63, 3.8) is 0 Å². The van der Waals surface area contributed by atoms with Crippen molar-refractivity contribution < 1.29 is 19.1 Å². The lowest BCUT2D eigenvalue weighted by atomic mass is 10.1. The van der Waals surface area contributed by atoms with Gasteiger partial charge in [0.2, 0.25) is 5.91 Å². The van der Waals surface area contributed by atoms with Gasteiger partial charge in [-0.1, -0.05) is 6.07 Å². The first-order valence-corrected chi connectivity index (χ1v) is 10.5. The minimum atomic E-state index is -0.150. The van der Waals surface area contributed by atoms with Crippen molar-refractivity contribution in [2.24, 2.45) is 0 Å². The number of carbonyl (C=O) groups excluding carboxylic acids is 2. The number of thiophene rings is 1.